The molecule has 1 saturated heterocycles. The van der Waals surface area contributed by atoms with Gasteiger partial charge in [0.05, 0.1) is 13.1 Å². The van der Waals surface area contributed by atoms with Gasteiger partial charge in [-0.25, -0.2) is 4.79 Å². The highest BCUT2D eigenvalue weighted by atomic mass is 32.1. The van der Waals surface area contributed by atoms with Gasteiger partial charge in [0.2, 0.25) is 5.13 Å². The van der Waals surface area contributed by atoms with Crippen LogP contribution < -0.4 is 5.32 Å². The lowest BCUT2D eigenvalue weighted by atomic mass is 10.5. The standard InChI is InChI=1S/C9H14N4O2S/c1-2-3-10-8-12-11-7(16-8)6-13-4-5-15-9(13)14/h2-6H2,1H3,(H,10,12). The van der Waals surface area contributed by atoms with E-state index in [-0.39, 0.29) is 6.09 Å². The number of rotatable bonds is 5. The van der Waals surface area contributed by atoms with Crippen LogP contribution in [0.4, 0.5) is 9.93 Å². The number of anilines is 1. The fraction of sp³-hybridized carbons (Fsp3) is 0.667. The predicted octanol–water partition coefficient (Wildman–Crippen LogP) is 1.31. The Bertz CT molecular complexity index is 368. The molecule has 1 amide bonds. The van der Waals surface area contributed by atoms with E-state index in [1.54, 1.807) is 4.90 Å². The first-order chi connectivity index (χ1) is 7.79. The molecule has 1 aromatic rings. The number of aromatic nitrogens is 2. The van der Waals surface area contributed by atoms with Crippen molar-refractivity contribution in [1.29, 1.82) is 0 Å². The highest BCUT2D eigenvalue weighted by Gasteiger charge is 2.23. The lowest BCUT2D eigenvalue weighted by molar-refractivity contribution is 0.157. The van der Waals surface area contributed by atoms with Crippen molar-refractivity contribution in [2.75, 3.05) is 25.0 Å². The second kappa shape index (κ2) is 5.11. The van der Waals surface area contributed by atoms with Crippen molar-refractivity contribution in [3.63, 3.8) is 0 Å². The van der Waals surface area contributed by atoms with Crippen LogP contribution >= 0.6 is 11.3 Å². The average molecular weight is 242 g/mol. The van der Waals surface area contributed by atoms with Gasteiger partial charge < -0.3 is 10.1 Å². The van der Waals surface area contributed by atoms with Crippen molar-refractivity contribution in [2.24, 2.45) is 0 Å². The molecular weight excluding hydrogens is 228 g/mol. The summed E-state index contributed by atoms with van der Waals surface area (Å²) < 4.78 is 4.84. The van der Waals surface area contributed by atoms with Crippen LogP contribution in [0.3, 0.4) is 0 Å². The van der Waals surface area contributed by atoms with Crippen LogP contribution in [0, 0.1) is 0 Å². The van der Waals surface area contributed by atoms with E-state index in [1.165, 1.54) is 11.3 Å². The molecule has 0 unspecified atom stereocenters. The topological polar surface area (TPSA) is 67.3 Å². The quantitative estimate of drug-likeness (QED) is 0.843. The van der Waals surface area contributed by atoms with Gasteiger partial charge in [0.1, 0.15) is 11.6 Å². The Kier molecular flexibility index (Phi) is 3.55. The number of carbonyl (C=O) groups excluding carboxylic acids is 1. The van der Waals surface area contributed by atoms with E-state index in [4.69, 9.17) is 4.74 Å². The maximum atomic E-state index is 11.2. The third-order valence-corrected chi connectivity index (χ3v) is 3.03. The molecule has 0 aliphatic carbocycles. The number of ether oxygens (including phenoxy) is 1. The van der Waals surface area contributed by atoms with Crippen molar-refractivity contribution in [2.45, 2.75) is 19.9 Å². The molecule has 1 fully saturated rings. The summed E-state index contributed by atoms with van der Waals surface area (Å²) in [6.07, 6.45) is 0.783. The number of nitrogens with one attached hydrogen (secondary N) is 1. The summed E-state index contributed by atoms with van der Waals surface area (Å²) in [5, 5.41) is 12.8. The summed E-state index contributed by atoms with van der Waals surface area (Å²) in [6, 6.07) is 0. The van der Waals surface area contributed by atoms with Gasteiger partial charge in [0, 0.05) is 6.54 Å². The highest BCUT2D eigenvalue weighted by molar-refractivity contribution is 7.15. The van der Waals surface area contributed by atoms with Gasteiger partial charge in [0.25, 0.3) is 0 Å². The largest absolute Gasteiger partial charge is 0.448 e. The van der Waals surface area contributed by atoms with E-state index < -0.39 is 0 Å². The Hall–Kier alpha value is -1.37. The van der Waals surface area contributed by atoms with E-state index in [2.05, 4.69) is 22.4 Å². The van der Waals surface area contributed by atoms with Crippen LogP contribution in [-0.4, -0.2) is 40.9 Å². The monoisotopic (exact) mass is 242 g/mol. The fourth-order valence-corrected chi connectivity index (χ4v) is 2.13. The van der Waals surface area contributed by atoms with Crippen molar-refractivity contribution in [3.05, 3.63) is 5.01 Å². The van der Waals surface area contributed by atoms with E-state index in [0.29, 0.717) is 19.7 Å². The number of hydrogen-bond acceptors (Lipinski definition) is 6. The Morgan fingerprint density at radius 2 is 2.44 bits per heavy atom. The van der Waals surface area contributed by atoms with Crippen molar-refractivity contribution in [1.82, 2.24) is 15.1 Å². The summed E-state index contributed by atoms with van der Waals surface area (Å²) in [5.41, 5.74) is 0. The van der Waals surface area contributed by atoms with E-state index in [1.807, 2.05) is 0 Å². The van der Waals surface area contributed by atoms with E-state index in [0.717, 1.165) is 23.1 Å². The number of cyclic esters (lactones) is 1. The molecule has 88 valence electrons. The average Bonchev–Trinajstić information content (AvgIpc) is 2.87. The molecule has 1 aliphatic heterocycles. The minimum Gasteiger partial charge on any atom is -0.448 e. The van der Waals surface area contributed by atoms with Crippen molar-refractivity contribution < 1.29 is 9.53 Å². The maximum Gasteiger partial charge on any atom is 0.410 e. The number of hydrogen-bond donors (Lipinski definition) is 1. The lowest BCUT2D eigenvalue weighted by Crippen LogP contribution is -2.23. The first-order valence-corrected chi connectivity index (χ1v) is 6.09. The normalized spacial score (nSPS) is 15.3. The molecule has 6 nitrogen and oxygen atoms in total. The van der Waals surface area contributed by atoms with Gasteiger partial charge in [-0.3, -0.25) is 4.90 Å². The minimum absolute atomic E-state index is 0.265. The molecule has 0 aromatic carbocycles. The first-order valence-electron chi connectivity index (χ1n) is 5.27. The SMILES string of the molecule is CCCNc1nnc(CN2CCOC2=O)s1. The molecule has 7 heteroatoms. The second-order valence-corrected chi connectivity index (χ2v) is 4.53. The molecule has 0 radical (unpaired) electrons. The predicted molar refractivity (Wildman–Crippen MR) is 60.4 cm³/mol. The summed E-state index contributed by atoms with van der Waals surface area (Å²) in [7, 11) is 0. The Balaban J connectivity index is 1.89. The number of nitrogens with zero attached hydrogens (tertiary/aromatic N) is 3. The van der Waals surface area contributed by atoms with Gasteiger partial charge in [-0.05, 0) is 6.42 Å². The summed E-state index contributed by atoms with van der Waals surface area (Å²) >= 11 is 1.48. The van der Waals surface area contributed by atoms with Crippen LogP contribution in [0.2, 0.25) is 0 Å². The Morgan fingerprint density at radius 1 is 1.56 bits per heavy atom. The molecule has 0 atom stereocenters. The van der Waals surface area contributed by atoms with Crippen LogP contribution in [0.1, 0.15) is 18.4 Å². The zero-order chi connectivity index (χ0) is 11.4. The zero-order valence-electron chi connectivity index (χ0n) is 9.10. The first kappa shape index (κ1) is 11.1. The van der Waals surface area contributed by atoms with Crippen molar-refractivity contribution >= 4 is 22.6 Å². The summed E-state index contributed by atoms with van der Waals surface area (Å²) in [4.78, 5) is 12.8. The maximum absolute atomic E-state index is 11.2. The molecule has 1 aliphatic rings. The fourth-order valence-electron chi connectivity index (χ4n) is 1.35. The second-order valence-electron chi connectivity index (χ2n) is 3.46. The molecule has 0 spiro atoms. The molecular formula is C9H14N4O2S. The number of carbonyl (C=O) groups is 1. The molecule has 16 heavy (non-hydrogen) atoms. The van der Waals surface area contributed by atoms with Gasteiger partial charge >= 0.3 is 6.09 Å². The van der Waals surface area contributed by atoms with E-state index in [9.17, 15) is 4.79 Å². The van der Waals surface area contributed by atoms with Crippen LogP contribution in [0.15, 0.2) is 0 Å². The zero-order valence-corrected chi connectivity index (χ0v) is 9.92. The highest BCUT2D eigenvalue weighted by Crippen LogP contribution is 2.18. The smallest absolute Gasteiger partial charge is 0.410 e. The Labute approximate surface area is 97.6 Å². The third-order valence-electron chi connectivity index (χ3n) is 2.16. The van der Waals surface area contributed by atoms with Gasteiger partial charge in [-0.15, -0.1) is 10.2 Å². The summed E-state index contributed by atoms with van der Waals surface area (Å²) in [5.74, 6) is 0. The van der Waals surface area contributed by atoms with Gasteiger partial charge in [-0.2, -0.15) is 0 Å². The molecule has 0 saturated carbocycles. The molecule has 2 heterocycles. The van der Waals surface area contributed by atoms with Crippen LogP contribution in [-0.2, 0) is 11.3 Å². The van der Waals surface area contributed by atoms with Crippen molar-refractivity contribution in [3.8, 4) is 0 Å². The van der Waals surface area contributed by atoms with Gasteiger partial charge in [-0.1, -0.05) is 18.3 Å². The van der Waals surface area contributed by atoms with Crippen LogP contribution in [0.5, 0.6) is 0 Å². The third kappa shape index (κ3) is 2.60. The molecule has 0 bridgehead atoms. The van der Waals surface area contributed by atoms with Crippen LogP contribution in [0.25, 0.3) is 0 Å². The van der Waals surface area contributed by atoms with E-state index >= 15 is 0 Å². The lowest BCUT2D eigenvalue weighted by Gasteiger charge is -2.08. The molecule has 1 N–H and O–H groups in total. The molecule has 1 aromatic heterocycles. The minimum atomic E-state index is -0.265. The van der Waals surface area contributed by atoms with Gasteiger partial charge in [0.15, 0.2) is 0 Å². The number of amides is 1. The Morgan fingerprint density at radius 3 is 3.12 bits per heavy atom. The summed E-state index contributed by atoms with van der Waals surface area (Å²) in [6.45, 7) is 4.58. The molecule has 2 rings (SSSR count).